The third-order valence-electron chi connectivity index (χ3n) is 6.18. The van der Waals surface area contributed by atoms with Crippen LogP contribution in [0.3, 0.4) is 0 Å². The Morgan fingerprint density at radius 3 is 1.33 bits per heavy atom. The van der Waals surface area contributed by atoms with Gasteiger partial charge in [0.1, 0.15) is 0 Å². The van der Waals surface area contributed by atoms with Crippen LogP contribution in [-0.4, -0.2) is 87.8 Å². The Labute approximate surface area is 279 Å². The van der Waals surface area contributed by atoms with Crippen molar-refractivity contribution in [1.29, 1.82) is 0 Å². The first kappa shape index (κ1) is 39.2. The highest BCUT2D eigenvalue weighted by Crippen LogP contribution is 2.14. The summed E-state index contributed by atoms with van der Waals surface area (Å²) >= 11 is 0. The second-order valence-electron chi connectivity index (χ2n) is 9.85. The highest BCUT2D eigenvalue weighted by molar-refractivity contribution is 7.79. The lowest BCUT2D eigenvalue weighted by atomic mass is 10.1. The van der Waals surface area contributed by atoms with Crippen molar-refractivity contribution in [2.24, 2.45) is 32.9 Å². The Bertz CT molecular complexity index is 1870. The molecule has 49 heavy (non-hydrogen) atoms. The van der Waals surface area contributed by atoms with Crippen molar-refractivity contribution in [3.05, 3.63) is 80.6 Å². The maximum absolute atomic E-state index is 11.7. The number of carbonyl (C=O) groups is 2. The molecule has 0 saturated heterocycles. The van der Waals surface area contributed by atoms with E-state index >= 15 is 0 Å². The fraction of sp³-hybridized carbons (Fsp3) is 0.286. The van der Waals surface area contributed by atoms with Crippen molar-refractivity contribution in [3.63, 3.8) is 0 Å². The number of aliphatic imine (C=N–C) groups is 2. The molecule has 0 saturated carbocycles. The highest BCUT2D eigenvalue weighted by atomic mass is 32.3. The molecule has 0 spiro atoms. The summed E-state index contributed by atoms with van der Waals surface area (Å²) in [5.74, 6) is -0.248. The number of aromatic amines is 2. The number of H-pyrrole nitrogens is 2. The quantitative estimate of drug-likeness (QED) is 0.0325. The van der Waals surface area contributed by atoms with Gasteiger partial charge in [0.05, 0.1) is 35.2 Å². The molecule has 0 aliphatic heterocycles. The number of carbonyl (C=O) groups excluding carboxylic acids is 2. The lowest BCUT2D eigenvalue weighted by Gasteiger charge is -2.05. The first-order chi connectivity index (χ1) is 23.2. The van der Waals surface area contributed by atoms with E-state index in [1.165, 1.54) is 0 Å². The number of hydrogen-bond acceptors (Lipinski definition) is 10. The topological polar surface area (TPSA) is 353 Å². The van der Waals surface area contributed by atoms with Gasteiger partial charge in [0, 0.05) is 49.5 Å². The van der Waals surface area contributed by atoms with Gasteiger partial charge in [0.2, 0.25) is 11.8 Å². The molecule has 4 rings (SSSR count). The molecule has 20 nitrogen and oxygen atoms in total. The third-order valence-corrected chi connectivity index (χ3v) is 6.18. The van der Waals surface area contributed by atoms with E-state index in [0.29, 0.717) is 61.2 Å². The van der Waals surface area contributed by atoms with Crippen LogP contribution in [0.1, 0.15) is 24.2 Å². The van der Waals surface area contributed by atoms with Gasteiger partial charge in [-0.2, -0.15) is 18.6 Å². The van der Waals surface area contributed by atoms with Crippen molar-refractivity contribution in [1.82, 2.24) is 31.0 Å². The lowest BCUT2D eigenvalue weighted by Crippen LogP contribution is -2.29. The number of amides is 2. The number of fused-ring (bicyclic) bond motifs is 2. The number of rotatable bonds is 12. The van der Waals surface area contributed by atoms with Gasteiger partial charge >= 0.3 is 10.4 Å². The van der Waals surface area contributed by atoms with Gasteiger partial charge < -0.3 is 33.6 Å². The maximum atomic E-state index is 11.7. The first-order valence-electron chi connectivity index (χ1n) is 14.4. The van der Waals surface area contributed by atoms with Crippen LogP contribution in [0.15, 0.2) is 68.1 Å². The third kappa shape index (κ3) is 15.5. The molecule has 264 valence electrons. The SMILES string of the molecule is NC(N)=NCCNC(=O)CCc1n[nH]c(=O)c2ccccc12.NC(N)=NCCNC(=O)CCc1n[nH]c(=O)c2ccccc12.O=S(=O)(O)O. The summed E-state index contributed by atoms with van der Waals surface area (Å²) in [6.07, 6.45) is 1.41. The summed E-state index contributed by atoms with van der Waals surface area (Å²) in [6.45, 7) is 1.43. The number of benzene rings is 2. The van der Waals surface area contributed by atoms with Gasteiger partial charge in [-0.1, -0.05) is 36.4 Å². The molecule has 2 heterocycles. The highest BCUT2D eigenvalue weighted by Gasteiger charge is 2.10. The minimum atomic E-state index is -4.67. The van der Waals surface area contributed by atoms with E-state index in [1.807, 2.05) is 24.3 Å². The van der Waals surface area contributed by atoms with Crippen molar-refractivity contribution in [2.75, 3.05) is 26.2 Å². The van der Waals surface area contributed by atoms with E-state index in [2.05, 4.69) is 41.0 Å². The number of hydrogen-bond donors (Lipinski definition) is 10. The maximum Gasteiger partial charge on any atom is 0.394 e. The van der Waals surface area contributed by atoms with Gasteiger partial charge in [-0.05, 0) is 12.1 Å². The zero-order valence-corrected chi connectivity index (χ0v) is 26.9. The zero-order chi connectivity index (χ0) is 36.4. The zero-order valence-electron chi connectivity index (χ0n) is 26.1. The smallest absolute Gasteiger partial charge is 0.370 e. The average molecular weight is 703 g/mol. The predicted octanol–water partition coefficient (Wildman–Crippen LogP) is -2.16. The van der Waals surface area contributed by atoms with Crippen LogP contribution in [0.25, 0.3) is 21.5 Å². The Balaban J connectivity index is 0.000000299. The van der Waals surface area contributed by atoms with Crippen molar-refractivity contribution >= 4 is 55.7 Å². The minimum Gasteiger partial charge on any atom is -0.370 e. The van der Waals surface area contributed by atoms with E-state index in [9.17, 15) is 19.2 Å². The fourth-order valence-corrected chi connectivity index (χ4v) is 4.13. The summed E-state index contributed by atoms with van der Waals surface area (Å²) in [5.41, 5.74) is 21.7. The van der Waals surface area contributed by atoms with E-state index in [4.69, 9.17) is 40.5 Å². The second-order valence-corrected chi connectivity index (χ2v) is 10.7. The second kappa shape index (κ2) is 19.7. The van der Waals surface area contributed by atoms with Crippen LogP contribution in [0.2, 0.25) is 0 Å². The Kier molecular flexibility index (Phi) is 15.8. The summed E-state index contributed by atoms with van der Waals surface area (Å²) in [7, 11) is -4.67. The largest absolute Gasteiger partial charge is 0.394 e. The fourth-order valence-electron chi connectivity index (χ4n) is 4.13. The summed E-state index contributed by atoms with van der Waals surface area (Å²) in [4.78, 5) is 54.4. The van der Waals surface area contributed by atoms with Crippen molar-refractivity contribution < 1.29 is 27.1 Å². The van der Waals surface area contributed by atoms with Crippen LogP contribution >= 0.6 is 0 Å². The molecule has 2 aromatic carbocycles. The van der Waals surface area contributed by atoms with Crippen LogP contribution in [0.4, 0.5) is 0 Å². The minimum absolute atomic E-state index is 0.00170. The molecular formula is C28H38N12O8S. The number of aromatic nitrogens is 4. The van der Waals surface area contributed by atoms with Crippen LogP contribution in [0, 0.1) is 0 Å². The van der Waals surface area contributed by atoms with Gasteiger partial charge in [0.15, 0.2) is 11.9 Å². The normalized spacial score (nSPS) is 10.5. The Morgan fingerprint density at radius 1 is 0.673 bits per heavy atom. The van der Waals surface area contributed by atoms with E-state index in [1.54, 1.807) is 24.3 Å². The van der Waals surface area contributed by atoms with Crippen molar-refractivity contribution in [3.8, 4) is 0 Å². The number of guanidine groups is 2. The molecule has 14 N–H and O–H groups in total. The summed E-state index contributed by atoms with van der Waals surface area (Å²) in [5, 5.41) is 21.0. The molecule has 0 fully saturated rings. The monoisotopic (exact) mass is 702 g/mol. The standard InChI is InChI=1S/2C14H18N6O2.H2O4S/c2*15-14(16)18-8-7-17-12(21)6-5-11-9-3-1-2-4-10(9)13(22)20-19-11;1-5(2,3)4/h2*1-4H,5-8H2,(H,17,21)(H,20,22)(H4,15,16,18);(H2,1,2,3,4). The molecule has 0 atom stereocenters. The van der Waals surface area contributed by atoms with Crippen LogP contribution in [0.5, 0.6) is 0 Å². The molecule has 2 aromatic heterocycles. The Hall–Kier alpha value is -5.93. The molecule has 0 aliphatic rings. The molecule has 21 heteroatoms. The van der Waals surface area contributed by atoms with Crippen molar-refractivity contribution in [2.45, 2.75) is 25.7 Å². The number of aryl methyl sites for hydroxylation is 2. The number of nitrogens with zero attached hydrogens (tertiary/aromatic N) is 4. The number of nitrogens with one attached hydrogen (secondary N) is 4. The van der Waals surface area contributed by atoms with E-state index in [0.717, 1.165) is 10.8 Å². The molecular weight excluding hydrogens is 664 g/mol. The summed E-state index contributed by atoms with van der Waals surface area (Å²) < 4.78 is 31.6. The van der Waals surface area contributed by atoms with Crippen LogP contribution in [-0.2, 0) is 32.8 Å². The Morgan fingerprint density at radius 2 is 1.00 bits per heavy atom. The summed E-state index contributed by atoms with van der Waals surface area (Å²) in [6, 6.07) is 14.4. The van der Waals surface area contributed by atoms with Gasteiger partial charge in [-0.3, -0.25) is 38.3 Å². The molecule has 0 aliphatic carbocycles. The lowest BCUT2D eigenvalue weighted by molar-refractivity contribution is -0.121. The van der Waals surface area contributed by atoms with Gasteiger partial charge in [-0.25, -0.2) is 10.2 Å². The predicted molar refractivity (Wildman–Crippen MR) is 183 cm³/mol. The molecule has 0 radical (unpaired) electrons. The molecule has 0 unspecified atom stereocenters. The molecule has 4 aromatic rings. The average Bonchev–Trinajstić information content (AvgIpc) is 3.04. The number of nitrogens with two attached hydrogens (primary N) is 4. The first-order valence-corrected chi connectivity index (χ1v) is 15.8. The molecule has 0 bridgehead atoms. The van der Waals surface area contributed by atoms with Crippen LogP contribution < -0.4 is 44.7 Å². The van der Waals surface area contributed by atoms with E-state index in [-0.39, 0.29) is 47.7 Å². The van der Waals surface area contributed by atoms with Gasteiger partial charge in [-0.15, -0.1) is 0 Å². The molecule has 2 amide bonds. The van der Waals surface area contributed by atoms with E-state index < -0.39 is 10.4 Å². The van der Waals surface area contributed by atoms with Gasteiger partial charge in [0.25, 0.3) is 11.1 Å².